The topological polar surface area (TPSA) is 174 Å². The Kier molecular flexibility index (Phi) is 11.5. The minimum atomic E-state index is -4.72. The van der Waals surface area contributed by atoms with Crippen molar-refractivity contribution >= 4 is 25.5 Å². The van der Waals surface area contributed by atoms with Crippen LogP contribution in [0.4, 0.5) is 0 Å². The lowest BCUT2D eigenvalue weighted by molar-refractivity contribution is -0.131. The van der Waals surface area contributed by atoms with Crippen molar-refractivity contribution < 1.29 is 38.4 Å². The first-order valence-corrected chi connectivity index (χ1v) is 14.5. The lowest BCUT2D eigenvalue weighted by Gasteiger charge is -2.23. The summed E-state index contributed by atoms with van der Waals surface area (Å²) in [6.45, 7) is 1.67. The highest BCUT2D eigenvalue weighted by atomic mass is 31.2. The van der Waals surface area contributed by atoms with Crippen LogP contribution < -0.4 is 20.5 Å². The summed E-state index contributed by atoms with van der Waals surface area (Å²) in [5, 5.41) is 17.8. The highest BCUT2D eigenvalue weighted by molar-refractivity contribution is 7.46. The number of carbonyl (C=O) groups is 3. The lowest BCUT2D eigenvalue weighted by Crippen LogP contribution is -2.55. The van der Waals surface area contributed by atoms with Crippen molar-refractivity contribution in [2.75, 3.05) is 6.54 Å². The van der Waals surface area contributed by atoms with E-state index in [4.69, 9.17) is 9.79 Å². The summed E-state index contributed by atoms with van der Waals surface area (Å²) >= 11 is 0. The molecule has 0 aliphatic heterocycles. The second-order valence-electron chi connectivity index (χ2n) is 9.49. The molecule has 0 fully saturated rings. The Bertz CT molecular complexity index is 1340. The standard InChI is InChI=1S/C29H34N3O8P/c1-20(33)31-27(19-23-11-15-25(16-12-23)40-41(37,38)39)29(36)32-26(18-22-9-13-24(34)14-10-22)28(35)30-17-5-8-21-6-3-2-4-7-21/h2-4,6-7,9-16,26-27,34H,5,8,17-19H2,1H3,(H,30,35)(H,31,33)(H,32,36)(H2,37,38,39)/t26-,27-/m0/s1. The Morgan fingerprint density at radius 2 is 1.34 bits per heavy atom. The van der Waals surface area contributed by atoms with Gasteiger partial charge in [-0.1, -0.05) is 54.6 Å². The molecule has 3 amide bonds. The lowest BCUT2D eigenvalue weighted by atomic mass is 10.0. The van der Waals surface area contributed by atoms with Gasteiger partial charge in [-0.2, -0.15) is 0 Å². The highest BCUT2D eigenvalue weighted by Gasteiger charge is 2.27. The number of phosphoric ester groups is 1. The number of aromatic hydroxyl groups is 1. The smallest absolute Gasteiger partial charge is 0.508 e. The van der Waals surface area contributed by atoms with Crippen molar-refractivity contribution in [2.45, 2.75) is 44.7 Å². The van der Waals surface area contributed by atoms with Crippen LogP contribution in [0, 0.1) is 0 Å². The molecular formula is C29H34N3O8P. The molecule has 3 aromatic rings. The van der Waals surface area contributed by atoms with Gasteiger partial charge in [-0.15, -0.1) is 0 Å². The van der Waals surface area contributed by atoms with Gasteiger partial charge < -0.3 is 25.6 Å². The maximum absolute atomic E-state index is 13.3. The molecule has 12 heteroatoms. The minimum Gasteiger partial charge on any atom is -0.508 e. The van der Waals surface area contributed by atoms with Crippen molar-refractivity contribution in [2.24, 2.45) is 0 Å². The number of benzene rings is 3. The molecule has 2 atom stereocenters. The molecule has 3 aromatic carbocycles. The van der Waals surface area contributed by atoms with E-state index in [0.717, 1.165) is 12.0 Å². The SMILES string of the molecule is CC(=O)N[C@@H](Cc1ccc(OP(=O)(O)O)cc1)C(=O)N[C@@H](Cc1ccc(O)cc1)C(=O)NCCCc1ccccc1. The third-order valence-corrected chi connectivity index (χ3v) is 6.52. The maximum atomic E-state index is 13.3. The number of amides is 3. The largest absolute Gasteiger partial charge is 0.524 e. The van der Waals surface area contributed by atoms with E-state index in [1.54, 1.807) is 12.1 Å². The van der Waals surface area contributed by atoms with Gasteiger partial charge in [0.05, 0.1) is 0 Å². The Hall–Kier alpha value is -4.18. The first kappa shape index (κ1) is 31.3. The summed E-state index contributed by atoms with van der Waals surface area (Å²) in [5.41, 5.74) is 2.44. The van der Waals surface area contributed by atoms with Gasteiger partial charge in [-0.05, 0) is 53.8 Å². The first-order chi connectivity index (χ1) is 19.5. The second kappa shape index (κ2) is 15.0. The monoisotopic (exact) mass is 583 g/mol. The van der Waals surface area contributed by atoms with Crippen LogP contribution in [-0.4, -0.2) is 51.2 Å². The van der Waals surface area contributed by atoms with Crippen LogP contribution in [0.15, 0.2) is 78.9 Å². The van der Waals surface area contributed by atoms with Crippen LogP contribution in [0.5, 0.6) is 11.5 Å². The number of hydrogen-bond donors (Lipinski definition) is 6. The van der Waals surface area contributed by atoms with Gasteiger partial charge in [0.2, 0.25) is 17.7 Å². The molecule has 0 saturated heterocycles. The molecule has 0 heterocycles. The Balaban J connectivity index is 1.69. The molecule has 0 spiro atoms. The van der Waals surface area contributed by atoms with Crippen molar-refractivity contribution in [3.05, 3.63) is 95.6 Å². The molecule has 0 aliphatic carbocycles. The molecule has 3 rings (SSSR count). The number of carbonyl (C=O) groups excluding carboxylic acids is 3. The summed E-state index contributed by atoms with van der Waals surface area (Å²) in [5.74, 6) is -1.41. The summed E-state index contributed by atoms with van der Waals surface area (Å²) in [7, 11) is -4.72. The van der Waals surface area contributed by atoms with Crippen LogP contribution in [0.2, 0.25) is 0 Å². The van der Waals surface area contributed by atoms with Crippen LogP contribution >= 0.6 is 7.82 Å². The average Bonchev–Trinajstić information content (AvgIpc) is 2.92. The van der Waals surface area contributed by atoms with Crippen LogP contribution in [-0.2, 0) is 38.2 Å². The molecule has 218 valence electrons. The van der Waals surface area contributed by atoms with Gasteiger partial charge in [0, 0.05) is 26.3 Å². The summed E-state index contributed by atoms with van der Waals surface area (Å²) in [6, 6.07) is 19.9. The molecule has 0 aliphatic rings. The third-order valence-electron chi connectivity index (χ3n) is 6.07. The summed E-state index contributed by atoms with van der Waals surface area (Å²) in [4.78, 5) is 56.3. The molecule has 0 bridgehead atoms. The van der Waals surface area contributed by atoms with E-state index in [2.05, 4.69) is 20.5 Å². The zero-order valence-electron chi connectivity index (χ0n) is 22.5. The van der Waals surface area contributed by atoms with E-state index in [9.17, 15) is 24.1 Å². The van der Waals surface area contributed by atoms with Gasteiger partial charge in [0.25, 0.3) is 0 Å². The van der Waals surface area contributed by atoms with E-state index < -0.39 is 31.7 Å². The zero-order chi connectivity index (χ0) is 29.8. The first-order valence-electron chi connectivity index (χ1n) is 13.0. The third kappa shape index (κ3) is 11.4. The van der Waals surface area contributed by atoms with E-state index in [0.29, 0.717) is 24.1 Å². The van der Waals surface area contributed by atoms with Crippen molar-refractivity contribution in [3.63, 3.8) is 0 Å². The predicted molar refractivity (Wildman–Crippen MR) is 152 cm³/mol. The van der Waals surface area contributed by atoms with E-state index in [1.807, 2.05) is 30.3 Å². The van der Waals surface area contributed by atoms with Crippen LogP contribution in [0.25, 0.3) is 0 Å². The number of phenols is 1. The summed E-state index contributed by atoms with van der Waals surface area (Å²) < 4.78 is 15.6. The van der Waals surface area contributed by atoms with E-state index in [-0.39, 0.29) is 30.2 Å². The van der Waals surface area contributed by atoms with E-state index in [1.165, 1.54) is 43.3 Å². The normalized spacial score (nSPS) is 12.6. The number of phosphoric acid groups is 1. The molecule has 0 unspecified atom stereocenters. The summed E-state index contributed by atoms with van der Waals surface area (Å²) in [6.07, 6.45) is 1.68. The molecule has 0 radical (unpaired) electrons. The number of nitrogens with one attached hydrogen (secondary N) is 3. The molecule has 11 nitrogen and oxygen atoms in total. The van der Waals surface area contributed by atoms with Crippen LogP contribution in [0.3, 0.4) is 0 Å². The minimum absolute atomic E-state index is 0.0478. The van der Waals surface area contributed by atoms with Gasteiger partial charge in [0.1, 0.15) is 23.6 Å². The van der Waals surface area contributed by atoms with Gasteiger partial charge in [0.15, 0.2) is 0 Å². The van der Waals surface area contributed by atoms with Gasteiger partial charge >= 0.3 is 7.82 Å². The van der Waals surface area contributed by atoms with Gasteiger partial charge in [-0.25, -0.2) is 4.57 Å². The number of rotatable bonds is 14. The zero-order valence-corrected chi connectivity index (χ0v) is 23.4. The molecule has 41 heavy (non-hydrogen) atoms. The molecule has 0 aromatic heterocycles. The Morgan fingerprint density at radius 3 is 1.90 bits per heavy atom. The fraction of sp³-hybridized carbons (Fsp3) is 0.276. The maximum Gasteiger partial charge on any atom is 0.524 e. The number of aryl methyl sites for hydroxylation is 1. The fourth-order valence-corrected chi connectivity index (χ4v) is 4.53. The number of hydrogen-bond acceptors (Lipinski definition) is 6. The second-order valence-corrected chi connectivity index (χ2v) is 10.7. The average molecular weight is 584 g/mol. The molecule has 6 N–H and O–H groups in total. The Labute approximate surface area is 238 Å². The van der Waals surface area contributed by atoms with Crippen LogP contribution in [0.1, 0.15) is 30.0 Å². The van der Waals surface area contributed by atoms with Gasteiger partial charge in [-0.3, -0.25) is 24.2 Å². The highest BCUT2D eigenvalue weighted by Crippen LogP contribution is 2.37. The van der Waals surface area contributed by atoms with Crippen molar-refractivity contribution in [1.82, 2.24) is 16.0 Å². The molecular weight excluding hydrogens is 549 g/mol. The predicted octanol–water partition coefficient (Wildman–Crippen LogP) is 2.39. The quantitative estimate of drug-likeness (QED) is 0.124. The van der Waals surface area contributed by atoms with E-state index >= 15 is 0 Å². The van der Waals surface area contributed by atoms with Crippen molar-refractivity contribution in [1.29, 1.82) is 0 Å². The fourth-order valence-electron chi connectivity index (χ4n) is 4.14. The number of phenolic OH excluding ortho intramolecular Hbond substituents is 1. The van der Waals surface area contributed by atoms with Crippen molar-refractivity contribution in [3.8, 4) is 11.5 Å². The Morgan fingerprint density at radius 1 is 0.780 bits per heavy atom. The molecule has 0 saturated carbocycles.